The quantitative estimate of drug-likeness (QED) is 0.392. The van der Waals surface area contributed by atoms with E-state index in [4.69, 9.17) is 16.9 Å². The van der Waals surface area contributed by atoms with Gasteiger partial charge in [-0.05, 0) is 27.7 Å². The van der Waals surface area contributed by atoms with Crippen LogP contribution in [0.5, 0.6) is 0 Å². The van der Waals surface area contributed by atoms with E-state index in [1.807, 2.05) is 27.7 Å². The Balaban J connectivity index is 2.97. The molecular weight excluding hydrogens is 218 g/mol. The number of nitrogens with two attached hydrogens (primary N) is 2. The molecule has 0 aromatic heterocycles. The fourth-order valence-electron chi connectivity index (χ4n) is 1.75. The Kier molecular flexibility index (Phi) is 4.17. The third-order valence-electron chi connectivity index (χ3n) is 2.37. The minimum Gasteiger partial charge on any atom is -0.368 e. The number of hydrogen-bond donors (Lipinski definition) is 4. The Labute approximate surface area is 102 Å². The number of rotatable bonds is 3. The van der Waals surface area contributed by atoms with Crippen molar-refractivity contribution in [1.82, 2.24) is 15.3 Å². The lowest BCUT2D eigenvalue weighted by atomic mass is 10.3. The highest BCUT2D eigenvalue weighted by atomic mass is 15.7. The summed E-state index contributed by atoms with van der Waals surface area (Å²) in [5, 5.41) is 14.1. The van der Waals surface area contributed by atoms with E-state index in [9.17, 15) is 0 Å². The van der Waals surface area contributed by atoms with E-state index in [1.54, 1.807) is 10.0 Å². The van der Waals surface area contributed by atoms with Crippen molar-refractivity contribution < 1.29 is 0 Å². The lowest BCUT2D eigenvalue weighted by molar-refractivity contribution is 0.0694. The average Bonchev–Trinajstić information content (AvgIpc) is 2.48. The first-order chi connectivity index (χ1) is 7.84. The predicted octanol–water partition coefficient (Wildman–Crippen LogP) is -0.540. The van der Waals surface area contributed by atoms with E-state index in [-0.39, 0.29) is 24.2 Å². The second kappa shape index (κ2) is 5.22. The van der Waals surface area contributed by atoms with Crippen LogP contribution < -0.4 is 16.8 Å². The van der Waals surface area contributed by atoms with Gasteiger partial charge in [-0.3, -0.25) is 5.41 Å². The largest absolute Gasteiger partial charge is 0.368 e. The molecule has 1 rings (SSSR count). The molecule has 1 saturated heterocycles. The Morgan fingerprint density at radius 1 is 1.53 bits per heavy atom. The van der Waals surface area contributed by atoms with Crippen molar-refractivity contribution in [3.8, 4) is 0 Å². The molecule has 1 aliphatic heterocycles. The maximum atomic E-state index is 7.82. The molecule has 17 heavy (non-hydrogen) atoms. The second-order valence-corrected chi connectivity index (χ2v) is 4.66. The fourth-order valence-corrected chi connectivity index (χ4v) is 1.75. The van der Waals surface area contributed by atoms with E-state index in [1.165, 1.54) is 0 Å². The molecule has 1 unspecified atom stereocenters. The van der Waals surface area contributed by atoms with Gasteiger partial charge >= 0.3 is 0 Å². The number of guanidine groups is 2. The first kappa shape index (κ1) is 13.6. The van der Waals surface area contributed by atoms with Gasteiger partial charge in [-0.2, -0.15) is 0 Å². The number of aliphatic imine (C=N–C) groups is 1. The summed E-state index contributed by atoms with van der Waals surface area (Å²) in [6, 6.07) is 0.195. The van der Waals surface area contributed by atoms with E-state index in [0.29, 0.717) is 12.5 Å². The minimum atomic E-state index is -0.286. The molecule has 98 valence electrons. The Bertz CT molecular complexity index is 310. The van der Waals surface area contributed by atoms with Crippen LogP contribution in [0.25, 0.3) is 0 Å². The van der Waals surface area contributed by atoms with E-state index in [0.717, 1.165) is 0 Å². The summed E-state index contributed by atoms with van der Waals surface area (Å²) in [5.74, 6) is 0.645. The zero-order valence-electron chi connectivity index (χ0n) is 10.9. The Hall–Kier alpha value is -1.50. The molecule has 0 aromatic carbocycles. The smallest absolute Gasteiger partial charge is 0.212 e. The molecule has 1 heterocycles. The third-order valence-corrected chi connectivity index (χ3v) is 2.37. The number of hydrogen-bond acceptors (Lipinski definition) is 3. The predicted molar refractivity (Wildman–Crippen MR) is 69.3 cm³/mol. The van der Waals surface area contributed by atoms with Gasteiger partial charge in [0.05, 0.1) is 6.54 Å². The molecule has 7 nitrogen and oxygen atoms in total. The molecule has 6 N–H and O–H groups in total. The number of nitrogens with zero attached hydrogens (tertiary/aromatic N) is 3. The summed E-state index contributed by atoms with van der Waals surface area (Å²) in [6.07, 6.45) is -0.286. The van der Waals surface area contributed by atoms with Gasteiger partial charge in [0.25, 0.3) is 0 Å². The molecule has 0 bridgehead atoms. The summed E-state index contributed by atoms with van der Waals surface area (Å²) in [7, 11) is 0. The third kappa shape index (κ3) is 3.00. The zero-order chi connectivity index (χ0) is 13.2. The molecule has 0 spiro atoms. The number of hydrazine groups is 1. The van der Waals surface area contributed by atoms with Gasteiger partial charge in [0.1, 0.15) is 6.17 Å². The van der Waals surface area contributed by atoms with Crippen LogP contribution in [0.2, 0.25) is 0 Å². The van der Waals surface area contributed by atoms with Gasteiger partial charge in [-0.1, -0.05) is 0 Å². The van der Waals surface area contributed by atoms with E-state index in [2.05, 4.69) is 10.3 Å². The van der Waals surface area contributed by atoms with Crippen LogP contribution >= 0.6 is 0 Å². The Morgan fingerprint density at radius 3 is 2.47 bits per heavy atom. The minimum absolute atomic E-state index is 0.0869. The van der Waals surface area contributed by atoms with Crippen LogP contribution in [0.3, 0.4) is 0 Å². The van der Waals surface area contributed by atoms with Gasteiger partial charge in [0, 0.05) is 12.1 Å². The molecular formula is C10H23N7. The maximum absolute atomic E-state index is 7.82. The Morgan fingerprint density at radius 2 is 2.12 bits per heavy atom. The molecule has 0 radical (unpaired) electrons. The van der Waals surface area contributed by atoms with E-state index >= 15 is 0 Å². The fraction of sp³-hybridized carbons (Fsp3) is 0.800. The van der Waals surface area contributed by atoms with Crippen molar-refractivity contribution in [2.45, 2.75) is 45.9 Å². The molecule has 1 fully saturated rings. The normalized spacial score (nSPS) is 21.4. The van der Waals surface area contributed by atoms with E-state index < -0.39 is 0 Å². The first-order valence-corrected chi connectivity index (χ1v) is 5.84. The highest BCUT2D eigenvalue weighted by molar-refractivity contribution is 5.85. The van der Waals surface area contributed by atoms with Crippen LogP contribution in [0.15, 0.2) is 4.99 Å². The topological polar surface area (TPSA) is 107 Å². The standard InChI is InChI=1S/C10H23N7/c1-6(2)15-10(13)16(7(3)4)17-8(11)5-14-9(17)12/h6-8H,5,11H2,1-4H3,(H2,12,14)(H2,13,15). The average molecular weight is 241 g/mol. The number of nitrogens with one attached hydrogen (secondary N) is 2. The van der Waals surface area contributed by atoms with Crippen molar-refractivity contribution in [3.05, 3.63) is 0 Å². The molecule has 7 heteroatoms. The van der Waals surface area contributed by atoms with Gasteiger partial charge in [0.2, 0.25) is 11.9 Å². The molecule has 0 amide bonds. The molecule has 1 aliphatic rings. The molecule has 1 atom stereocenters. The molecule has 0 aromatic rings. The monoisotopic (exact) mass is 241 g/mol. The molecule has 0 saturated carbocycles. The summed E-state index contributed by atoms with van der Waals surface area (Å²) in [5.41, 5.74) is 11.9. The zero-order valence-corrected chi connectivity index (χ0v) is 10.9. The molecule has 0 aliphatic carbocycles. The summed E-state index contributed by atoms with van der Waals surface area (Å²) >= 11 is 0. The lowest BCUT2D eigenvalue weighted by Gasteiger charge is -2.38. The van der Waals surface area contributed by atoms with Crippen molar-refractivity contribution >= 4 is 11.9 Å². The van der Waals surface area contributed by atoms with Gasteiger partial charge < -0.3 is 16.8 Å². The van der Waals surface area contributed by atoms with Crippen molar-refractivity contribution in [1.29, 1.82) is 5.41 Å². The summed E-state index contributed by atoms with van der Waals surface area (Å²) < 4.78 is 0. The van der Waals surface area contributed by atoms with Crippen molar-refractivity contribution in [2.75, 3.05) is 6.54 Å². The lowest BCUT2D eigenvalue weighted by Crippen LogP contribution is -2.59. The van der Waals surface area contributed by atoms with Gasteiger partial charge in [-0.25, -0.2) is 15.0 Å². The van der Waals surface area contributed by atoms with Crippen LogP contribution in [0.1, 0.15) is 27.7 Å². The highest BCUT2D eigenvalue weighted by Gasteiger charge is 2.33. The summed E-state index contributed by atoms with van der Waals surface area (Å²) in [4.78, 5) is 4.31. The maximum Gasteiger partial charge on any atom is 0.212 e. The van der Waals surface area contributed by atoms with Gasteiger partial charge in [-0.15, -0.1) is 0 Å². The second-order valence-electron chi connectivity index (χ2n) is 4.66. The summed E-state index contributed by atoms with van der Waals surface area (Å²) in [6.45, 7) is 8.43. The first-order valence-electron chi connectivity index (χ1n) is 5.84. The van der Waals surface area contributed by atoms with Crippen molar-refractivity contribution in [2.24, 2.45) is 16.5 Å². The van der Waals surface area contributed by atoms with Crippen molar-refractivity contribution in [3.63, 3.8) is 0 Å². The SMILES string of the molecule is CC(C)N=C(N)N(C(C)C)N1C(=N)NCC1N. The van der Waals surface area contributed by atoms with Crippen LogP contribution in [0.4, 0.5) is 0 Å². The van der Waals surface area contributed by atoms with Crippen LogP contribution in [0, 0.1) is 5.41 Å². The van der Waals surface area contributed by atoms with Crippen LogP contribution in [-0.4, -0.2) is 46.7 Å². The van der Waals surface area contributed by atoms with Crippen LogP contribution in [-0.2, 0) is 0 Å². The van der Waals surface area contributed by atoms with Gasteiger partial charge in [0.15, 0.2) is 0 Å². The highest BCUT2D eigenvalue weighted by Crippen LogP contribution is 2.11.